The van der Waals surface area contributed by atoms with Crippen LogP contribution in [0.3, 0.4) is 0 Å². The molecular formula is C13H15FN2O. The predicted octanol–water partition coefficient (Wildman–Crippen LogP) is 3.25. The molecule has 0 aliphatic carbocycles. The summed E-state index contributed by atoms with van der Waals surface area (Å²) >= 11 is 0. The Hall–Kier alpha value is -1.84. The molecule has 0 aliphatic rings. The van der Waals surface area contributed by atoms with Crippen molar-refractivity contribution in [2.45, 2.75) is 25.8 Å². The van der Waals surface area contributed by atoms with Gasteiger partial charge in [0.15, 0.2) is 0 Å². The Morgan fingerprint density at radius 3 is 2.94 bits per heavy atom. The van der Waals surface area contributed by atoms with Crippen molar-refractivity contribution in [2.75, 3.05) is 5.32 Å². The summed E-state index contributed by atoms with van der Waals surface area (Å²) in [5, 5.41) is 3.26. The zero-order chi connectivity index (χ0) is 12.1. The first-order chi connectivity index (χ1) is 8.24. The van der Waals surface area contributed by atoms with E-state index in [0.717, 1.165) is 24.3 Å². The minimum atomic E-state index is -0.459. The van der Waals surface area contributed by atoms with Crippen LogP contribution in [0, 0.1) is 5.95 Å². The molecule has 0 aliphatic heterocycles. The van der Waals surface area contributed by atoms with Gasteiger partial charge in [-0.15, -0.1) is 0 Å². The smallest absolute Gasteiger partial charge is 0.212 e. The third-order valence-corrected chi connectivity index (χ3v) is 2.54. The van der Waals surface area contributed by atoms with Crippen LogP contribution in [0.2, 0.25) is 0 Å². The molecule has 1 N–H and O–H groups in total. The second-order valence-corrected chi connectivity index (χ2v) is 4.03. The molecule has 0 saturated heterocycles. The van der Waals surface area contributed by atoms with Crippen molar-refractivity contribution in [2.24, 2.45) is 0 Å². The zero-order valence-corrected chi connectivity index (χ0v) is 9.69. The van der Waals surface area contributed by atoms with E-state index in [0.29, 0.717) is 0 Å². The lowest BCUT2D eigenvalue weighted by molar-refractivity contribution is 0.495. The van der Waals surface area contributed by atoms with Crippen molar-refractivity contribution in [1.82, 2.24) is 4.98 Å². The fraction of sp³-hybridized carbons (Fsp3) is 0.308. The van der Waals surface area contributed by atoms with Crippen LogP contribution in [0.25, 0.3) is 0 Å². The van der Waals surface area contributed by atoms with E-state index in [4.69, 9.17) is 4.42 Å². The Kier molecular flexibility index (Phi) is 3.75. The first kappa shape index (κ1) is 11.6. The average molecular weight is 234 g/mol. The summed E-state index contributed by atoms with van der Waals surface area (Å²) < 4.78 is 17.9. The zero-order valence-electron chi connectivity index (χ0n) is 9.69. The molecule has 2 aromatic rings. The number of hydrogen-bond acceptors (Lipinski definition) is 3. The Bertz CT molecular complexity index is 439. The molecule has 1 unspecified atom stereocenters. The Labute approximate surface area is 99.7 Å². The number of halogens is 1. The van der Waals surface area contributed by atoms with Crippen LogP contribution < -0.4 is 5.32 Å². The lowest BCUT2D eigenvalue weighted by Crippen LogP contribution is -2.16. The maximum absolute atomic E-state index is 12.6. The highest BCUT2D eigenvalue weighted by Gasteiger charge is 2.04. The van der Waals surface area contributed by atoms with Gasteiger partial charge in [0, 0.05) is 12.5 Å². The summed E-state index contributed by atoms with van der Waals surface area (Å²) in [5.74, 6) is 0.523. The fourth-order valence-electron chi connectivity index (χ4n) is 1.63. The summed E-state index contributed by atoms with van der Waals surface area (Å²) in [7, 11) is 0. The molecule has 90 valence electrons. The minimum absolute atomic E-state index is 0.285. The highest BCUT2D eigenvalue weighted by molar-refractivity contribution is 5.40. The highest BCUT2D eigenvalue weighted by atomic mass is 19.1. The molecule has 0 radical (unpaired) electrons. The average Bonchev–Trinajstić information content (AvgIpc) is 2.83. The first-order valence-corrected chi connectivity index (χ1v) is 5.64. The van der Waals surface area contributed by atoms with Gasteiger partial charge in [0.1, 0.15) is 5.76 Å². The number of rotatable bonds is 5. The third kappa shape index (κ3) is 3.59. The largest absolute Gasteiger partial charge is 0.469 e. The number of aromatic nitrogens is 1. The minimum Gasteiger partial charge on any atom is -0.469 e. The molecule has 0 fully saturated rings. The SMILES string of the molecule is CC(CCc1ccco1)Nc1ccc(F)nc1. The van der Waals surface area contributed by atoms with Crippen LogP contribution in [0.1, 0.15) is 19.1 Å². The van der Waals surface area contributed by atoms with Gasteiger partial charge in [0.2, 0.25) is 5.95 Å². The maximum Gasteiger partial charge on any atom is 0.212 e. The molecule has 2 rings (SSSR count). The third-order valence-electron chi connectivity index (χ3n) is 2.54. The van der Waals surface area contributed by atoms with Crippen molar-refractivity contribution in [3.05, 3.63) is 48.4 Å². The maximum atomic E-state index is 12.6. The second-order valence-electron chi connectivity index (χ2n) is 4.03. The standard InChI is InChI=1S/C13H15FN2O/c1-10(4-6-12-3-2-8-17-12)16-11-5-7-13(14)15-9-11/h2-3,5,7-10,16H,4,6H2,1H3. The molecular weight excluding hydrogens is 219 g/mol. The monoisotopic (exact) mass is 234 g/mol. The number of pyridine rings is 1. The summed E-state index contributed by atoms with van der Waals surface area (Å²) in [6.45, 7) is 2.08. The van der Waals surface area contributed by atoms with E-state index in [1.165, 1.54) is 12.3 Å². The molecule has 0 aromatic carbocycles. The van der Waals surface area contributed by atoms with E-state index in [9.17, 15) is 4.39 Å². The molecule has 0 saturated carbocycles. The van der Waals surface area contributed by atoms with Crippen molar-refractivity contribution >= 4 is 5.69 Å². The van der Waals surface area contributed by atoms with Crippen LogP contribution in [-0.2, 0) is 6.42 Å². The molecule has 4 heteroatoms. The summed E-state index contributed by atoms with van der Waals surface area (Å²) in [4.78, 5) is 3.59. The van der Waals surface area contributed by atoms with Gasteiger partial charge >= 0.3 is 0 Å². The van der Waals surface area contributed by atoms with Crippen LogP contribution in [0.4, 0.5) is 10.1 Å². The molecule has 0 amide bonds. The predicted molar refractivity (Wildman–Crippen MR) is 64.3 cm³/mol. The van der Waals surface area contributed by atoms with Gasteiger partial charge in [0.25, 0.3) is 0 Å². The number of hydrogen-bond donors (Lipinski definition) is 1. The molecule has 2 heterocycles. The van der Waals surface area contributed by atoms with Gasteiger partial charge in [-0.3, -0.25) is 0 Å². The van der Waals surface area contributed by atoms with Crippen LogP contribution >= 0.6 is 0 Å². The van der Waals surface area contributed by atoms with Crippen molar-refractivity contribution in [1.29, 1.82) is 0 Å². The van der Waals surface area contributed by atoms with Gasteiger partial charge in [-0.1, -0.05) is 0 Å². The van der Waals surface area contributed by atoms with E-state index >= 15 is 0 Å². The lowest BCUT2D eigenvalue weighted by atomic mass is 10.1. The Morgan fingerprint density at radius 1 is 1.41 bits per heavy atom. The summed E-state index contributed by atoms with van der Waals surface area (Å²) in [6, 6.07) is 7.17. The molecule has 17 heavy (non-hydrogen) atoms. The number of aryl methyl sites for hydroxylation is 1. The molecule has 0 spiro atoms. The Morgan fingerprint density at radius 2 is 2.29 bits per heavy atom. The number of anilines is 1. The van der Waals surface area contributed by atoms with Crippen molar-refractivity contribution < 1.29 is 8.81 Å². The van der Waals surface area contributed by atoms with Crippen LogP contribution in [-0.4, -0.2) is 11.0 Å². The van der Waals surface area contributed by atoms with Gasteiger partial charge in [-0.25, -0.2) is 4.98 Å². The first-order valence-electron chi connectivity index (χ1n) is 5.64. The van der Waals surface area contributed by atoms with Gasteiger partial charge in [-0.05, 0) is 37.6 Å². The number of furan rings is 1. The second kappa shape index (κ2) is 5.48. The summed E-state index contributed by atoms with van der Waals surface area (Å²) in [6.07, 6.45) is 5.01. The Balaban J connectivity index is 1.80. The fourth-order valence-corrected chi connectivity index (χ4v) is 1.63. The van der Waals surface area contributed by atoms with E-state index in [1.807, 2.05) is 12.1 Å². The number of nitrogens with one attached hydrogen (secondary N) is 1. The van der Waals surface area contributed by atoms with Crippen LogP contribution in [0.5, 0.6) is 0 Å². The van der Waals surface area contributed by atoms with E-state index in [2.05, 4.69) is 17.2 Å². The lowest BCUT2D eigenvalue weighted by Gasteiger charge is -2.13. The molecule has 1 atom stereocenters. The molecule has 3 nitrogen and oxygen atoms in total. The normalized spacial score (nSPS) is 12.4. The molecule has 2 aromatic heterocycles. The summed E-state index contributed by atoms with van der Waals surface area (Å²) in [5.41, 5.74) is 0.832. The van der Waals surface area contributed by atoms with Crippen LogP contribution in [0.15, 0.2) is 41.1 Å². The van der Waals surface area contributed by atoms with Crippen molar-refractivity contribution in [3.8, 4) is 0 Å². The van der Waals surface area contributed by atoms with E-state index < -0.39 is 5.95 Å². The van der Waals surface area contributed by atoms with Gasteiger partial charge in [-0.2, -0.15) is 4.39 Å². The van der Waals surface area contributed by atoms with Gasteiger partial charge in [0.05, 0.1) is 18.1 Å². The van der Waals surface area contributed by atoms with E-state index in [-0.39, 0.29) is 6.04 Å². The molecule has 0 bridgehead atoms. The van der Waals surface area contributed by atoms with Gasteiger partial charge < -0.3 is 9.73 Å². The van der Waals surface area contributed by atoms with E-state index in [1.54, 1.807) is 12.3 Å². The highest BCUT2D eigenvalue weighted by Crippen LogP contribution is 2.11. The number of nitrogens with zero attached hydrogens (tertiary/aromatic N) is 1. The topological polar surface area (TPSA) is 38.1 Å². The quantitative estimate of drug-likeness (QED) is 0.807. The van der Waals surface area contributed by atoms with Crippen molar-refractivity contribution in [3.63, 3.8) is 0 Å².